The van der Waals surface area contributed by atoms with Gasteiger partial charge in [-0.05, 0) is 60.4 Å². The van der Waals surface area contributed by atoms with Crippen LogP contribution in [0, 0.1) is 0 Å². The van der Waals surface area contributed by atoms with Gasteiger partial charge in [-0.2, -0.15) is 0 Å². The number of benzene rings is 1. The summed E-state index contributed by atoms with van der Waals surface area (Å²) in [4.78, 5) is 13.0. The number of aryl methyl sites for hydroxylation is 1. The maximum atomic E-state index is 12.6. The van der Waals surface area contributed by atoms with Gasteiger partial charge in [0.2, 0.25) is 5.91 Å². The van der Waals surface area contributed by atoms with Gasteiger partial charge in [0, 0.05) is 16.6 Å². The van der Waals surface area contributed by atoms with E-state index in [2.05, 4.69) is 20.8 Å². The molecule has 0 saturated carbocycles. The SMILES string of the molecule is CCc1nnc(CS(=O)(=O)c2ccc(NC(=S)NC(=O)/C=C/c3cccs3)cc2)s1. The quantitative estimate of drug-likeness (QED) is 0.395. The van der Waals surface area contributed by atoms with Crippen LogP contribution in [0.4, 0.5) is 5.69 Å². The number of nitrogens with zero attached hydrogens (tertiary/aromatic N) is 2. The van der Waals surface area contributed by atoms with Gasteiger partial charge >= 0.3 is 0 Å². The van der Waals surface area contributed by atoms with Gasteiger partial charge in [0.1, 0.15) is 15.8 Å². The van der Waals surface area contributed by atoms with Crippen molar-refractivity contribution in [1.82, 2.24) is 15.5 Å². The summed E-state index contributed by atoms with van der Waals surface area (Å²) in [6.07, 6.45) is 3.81. The summed E-state index contributed by atoms with van der Waals surface area (Å²) in [5.74, 6) is -0.550. The molecule has 0 aliphatic carbocycles. The van der Waals surface area contributed by atoms with Crippen molar-refractivity contribution in [2.45, 2.75) is 24.0 Å². The molecule has 30 heavy (non-hydrogen) atoms. The highest BCUT2D eigenvalue weighted by Gasteiger charge is 2.18. The van der Waals surface area contributed by atoms with Gasteiger partial charge in [0.15, 0.2) is 14.9 Å². The number of carbonyl (C=O) groups excluding carboxylic acids is 1. The van der Waals surface area contributed by atoms with E-state index in [9.17, 15) is 13.2 Å². The Morgan fingerprint density at radius 1 is 1.17 bits per heavy atom. The number of rotatable bonds is 7. The molecule has 1 aromatic carbocycles. The van der Waals surface area contributed by atoms with Crippen molar-refractivity contribution in [2.75, 3.05) is 5.32 Å². The van der Waals surface area contributed by atoms with E-state index in [0.717, 1.165) is 16.3 Å². The third kappa shape index (κ3) is 6.26. The Kier molecular flexibility index (Phi) is 7.43. The number of nitrogens with one attached hydrogen (secondary N) is 2. The predicted molar refractivity (Wildman–Crippen MR) is 124 cm³/mol. The number of thiophene rings is 1. The van der Waals surface area contributed by atoms with Crippen LogP contribution >= 0.6 is 34.9 Å². The number of hydrogen-bond acceptors (Lipinski definition) is 8. The molecule has 0 aliphatic heterocycles. The van der Waals surface area contributed by atoms with Crippen LogP contribution in [0.2, 0.25) is 0 Å². The highest BCUT2D eigenvalue weighted by molar-refractivity contribution is 7.90. The number of carbonyl (C=O) groups is 1. The predicted octanol–water partition coefficient (Wildman–Crippen LogP) is 3.66. The number of anilines is 1. The summed E-state index contributed by atoms with van der Waals surface area (Å²) in [5.41, 5.74) is 0.561. The zero-order valence-electron chi connectivity index (χ0n) is 15.9. The molecule has 0 radical (unpaired) electrons. The van der Waals surface area contributed by atoms with Crippen LogP contribution in [0.1, 0.15) is 21.8 Å². The Morgan fingerprint density at radius 2 is 1.90 bits per heavy atom. The van der Waals surface area contributed by atoms with Gasteiger partial charge in [-0.1, -0.05) is 13.0 Å². The molecule has 2 aromatic heterocycles. The second kappa shape index (κ2) is 10.0. The number of thiocarbonyl (C=S) groups is 1. The van der Waals surface area contributed by atoms with E-state index in [0.29, 0.717) is 10.7 Å². The van der Waals surface area contributed by atoms with Gasteiger partial charge < -0.3 is 5.32 Å². The summed E-state index contributed by atoms with van der Waals surface area (Å²) in [5, 5.41) is 16.6. The van der Waals surface area contributed by atoms with E-state index in [1.807, 2.05) is 24.4 Å². The fourth-order valence-corrected chi connectivity index (χ4v) is 5.56. The summed E-state index contributed by atoms with van der Waals surface area (Å²) < 4.78 is 25.2. The van der Waals surface area contributed by atoms with Gasteiger partial charge in [-0.3, -0.25) is 10.1 Å². The number of hydrogen-bond donors (Lipinski definition) is 2. The Labute approximate surface area is 187 Å². The van der Waals surface area contributed by atoms with Gasteiger partial charge in [0.05, 0.1) is 4.90 Å². The number of amides is 1. The zero-order valence-corrected chi connectivity index (χ0v) is 19.1. The first-order chi connectivity index (χ1) is 14.4. The van der Waals surface area contributed by atoms with Crippen molar-refractivity contribution in [1.29, 1.82) is 0 Å². The molecule has 0 unspecified atom stereocenters. The molecule has 0 atom stereocenters. The van der Waals surface area contributed by atoms with Crippen LogP contribution in [0.5, 0.6) is 0 Å². The van der Waals surface area contributed by atoms with Crippen LogP contribution in [0.3, 0.4) is 0 Å². The molecule has 0 aliphatic rings. The van der Waals surface area contributed by atoms with Crippen LogP contribution < -0.4 is 10.6 Å². The number of aromatic nitrogens is 2. The minimum absolute atomic E-state index is 0.118. The molecular weight excluding hydrogens is 461 g/mol. The normalized spacial score (nSPS) is 11.5. The van der Waals surface area contributed by atoms with E-state index in [1.54, 1.807) is 18.2 Å². The lowest BCUT2D eigenvalue weighted by molar-refractivity contribution is -0.115. The molecule has 0 saturated heterocycles. The van der Waals surface area contributed by atoms with E-state index in [4.69, 9.17) is 12.2 Å². The molecule has 2 heterocycles. The van der Waals surface area contributed by atoms with Crippen LogP contribution in [0.25, 0.3) is 6.08 Å². The molecule has 1 amide bonds. The van der Waals surface area contributed by atoms with Crippen molar-refractivity contribution in [3.63, 3.8) is 0 Å². The fraction of sp³-hybridized carbons (Fsp3) is 0.158. The Morgan fingerprint density at radius 3 is 2.53 bits per heavy atom. The van der Waals surface area contributed by atoms with Crippen LogP contribution in [-0.4, -0.2) is 29.6 Å². The topological polar surface area (TPSA) is 101 Å². The monoisotopic (exact) mass is 478 g/mol. The van der Waals surface area contributed by atoms with Gasteiger partial charge in [-0.15, -0.1) is 32.9 Å². The Bertz CT molecular complexity index is 1150. The minimum Gasteiger partial charge on any atom is -0.332 e. The maximum Gasteiger partial charge on any atom is 0.250 e. The summed E-state index contributed by atoms with van der Waals surface area (Å²) in [6.45, 7) is 1.94. The molecule has 2 N–H and O–H groups in total. The highest BCUT2D eigenvalue weighted by Crippen LogP contribution is 2.21. The third-order valence-corrected chi connectivity index (χ3v) is 7.71. The molecule has 11 heteroatoms. The molecule has 0 bridgehead atoms. The average Bonchev–Trinajstić information content (AvgIpc) is 3.38. The lowest BCUT2D eigenvalue weighted by atomic mass is 10.3. The molecule has 7 nitrogen and oxygen atoms in total. The van der Waals surface area contributed by atoms with Gasteiger partial charge in [-0.25, -0.2) is 8.42 Å². The summed E-state index contributed by atoms with van der Waals surface area (Å²) in [6, 6.07) is 9.94. The first kappa shape index (κ1) is 22.2. The molecule has 156 valence electrons. The van der Waals surface area contributed by atoms with Crippen molar-refractivity contribution in [3.8, 4) is 0 Å². The average molecular weight is 479 g/mol. The molecule has 0 spiro atoms. The molecule has 3 rings (SSSR count). The lowest BCUT2D eigenvalue weighted by Crippen LogP contribution is -2.32. The zero-order chi connectivity index (χ0) is 21.6. The lowest BCUT2D eigenvalue weighted by Gasteiger charge is -2.09. The van der Waals surface area contributed by atoms with Crippen LogP contribution in [0.15, 0.2) is 52.7 Å². The highest BCUT2D eigenvalue weighted by atomic mass is 32.2. The Hall–Kier alpha value is -2.47. The maximum absolute atomic E-state index is 12.6. The van der Waals surface area contributed by atoms with Crippen molar-refractivity contribution in [2.24, 2.45) is 0 Å². The molecule has 0 fully saturated rings. The second-order valence-corrected chi connectivity index (χ2v) is 10.5. The van der Waals surface area contributed by atoms with Crippen molar-refractivity contribution < 1.29 is 13.2 Å². The van der Waals surface area contributed by atoms with Crippen LogP contribution in [-0.2, 0) is 26.8 Å². The van der Waals surface area contributed by atoms with Crippen molar-refractivity contribution in [3.05, 3.63) is 62.7 Å². The molecular formula is C19H18N4O3S4. The van der Waals surface area contributed by atoms with Crippen molar-refractivity contribution >= 4 is 67.5 Å². The first-order valence-electron chi connectivity index (χ1n) is 8.83. The van der Waals surface area contributed by atoms with Gasteiger partial charge in [0.25, 0.3) is 0 Å². The summed E-state index contributed by atoms with van der Waals surface area (Å²) in [7, 11) is -3.53. The first-order valence-corrected chi connectivity index (χ1v) is 12.6. The third-order valence-electron chi connectivity index (χ3n) is 3.77. The fourth-order valence-electron chi connectivity index (χ4n) is 2.34. The van der Waals surface area contributed by atoms with E-state index < -0.39 is 9.84 Å². The minimum atomic E-state index is -3.53. The second-order valence-electron chi connectivity index (χ2n) is 6.02. The van der Waals surface area contributed by atoms with E-state index >= 15 is 0 Å². The smallest absolute Gasteiger partial charge is 0.250 e. The standard InChI is InChI=1S/C19H18N4O3S4/c1-2-17-22-23-18(29-17)12-30(25,26)15-8-5-13(6-9-15)20-19(27)21-16(24)10-7-14-4-3-11-28-14/h3-11H,2,12H2,1H3,(H2,20,21,24,27)/b10-7+. The Balaban J connectivity index is 1.56. The number of sulfone groups is 1. The van der Waals surface area contributed by atoms with E-state index in [1.165, 1.54) is 40.9 Å². The molecule has 3 aromatic rings. The van der Waals surface area contributed by atoms with E-state index in [-0.39, 0.29) is 21.7 Å². The largest absolute Gasteiger partial charge is 0.332 e. The summed E-state index contributed by atoms with van der Waals surface area (Å²) >= 11 is 7.95.